The zero-order chi connectivity index (χ0) is 36.9. The van der Waals surface area contributed by atoms with Crippen LogP contribution < -0.4 is 0 Å². The number of rotatable bonds is 2. The first kappa shape index (κ1) is 32.7. The normalized spacial score (nSPS) is 17.8. The molecule has 254 valence electrons. The molecule has 0 amide bonds. The molecular weight excluding hydrogens is 745 g/mol. The Hall–Kier alpha value is -5.98. The van der Waals surface area contributed by atoms with Gasteiger partial charge in [-0.05, 0) is 53.8 Å². The number of benzene rings is 2. The van der Waals surface area contributed by atoms with E-state index in [1.54, 1.807) is 70.4 Å². The Bertz CT molecular complexity index is 3030. The van der Waals surface area contributed by atoms with Crippen molar-refractivity contribution in [3.63, 3.8) is 0 Å². The lowest BCUT2D eigenvalue weighted by Gasteiger charge is -2.35. The van der Waals surface area contributed by atoms with Gasteiger partial charge in [0.05, 0.1) is 19.0 Å². The Morgan fingerprint density at radius 2 is 1.13 bits per heavy atom. The quantitative estimate of drug-likeness (QED) is 0.127. The number of thiophene rings is 4. The van der Waals surface area contributed by atoms with Crippen molar-refractivity contribution in [1.82, 2.24) is 0 Å². The van der Waals surface area contributed by atoms with E-state index < -0.39 is 0 Å². The second kappa shape index (κ2) is 12.0. The van der Waals surface area contributed by atoms with Crippen molar-refractivity contribution < 1.29 is 9.59 Å². The first-order chi connectivity index (χ1) is 26.4. The fraction of sp³-hybridized carbons (Fsp3) is 0.136. The fourth-order valence-corrected chi connectivity index (χ4v) is 14.6. The molecule has 2 aromatic carbocycles. The molecule has 0 atom stereocenters. The van der Waals surface area contributed by atoms with Gasteiger partial charge in [0.1, 0.15) is 35.4 Å². The highest BCUT2D eigenvalue weighted by molar-refractivity contribution is 7.40. The third-order valence-corrected chi connectivity index (χ3v) is 16.2. The molecule has 0 bridgehead atoms. The van der Waals surface area contributed by atoms with Crippen LogP contribution >= 0.6 is 45.3 Å². The number of hydrogen-bond donors (Lipinski definition) is 0. The Labute approximate surface area is 325 Å². The molecule has 10 rings (SSSR count). The first-order valence-electron chi connectivity index (χ1n) is 17.4. The van der Waals surface area contributed by atoms with Crippen molar-refractivity contribution in [2.24, 2.45) is 0 Å². The van der Waals surface area contributed by atoms with E-state index in [0.29, 0.717) is 44.5 Å². The zero-order valence-corrected chi connectivity index (χ0v) is 31.5. The van der Waals surface area contributed by atoms with Gasteiger partial charge in [-0.3, -0.25) is 9.59 Å². The number of ketones is 2. The van der Waals surface area contributed by atoms with Crippen LogP contribution in [-0.2, 0) is 5.41 Å². The van der Waals surface area contributed by atoms with E-state index in [1.807, 2.05) is 59.9 Å². The molecule has 1 spiro atoms. The van der Waals surface area contributed by atoms with Crippen LogP contribution in [0.5, 0.6) is 0 Å². The molecule has 4 aromatic heterocycles. The summed E-state index contributed by atoms with van der Waals surface area (Å²) in [6.07, 6.45) is 9.29. The van der Waals surface area contributed by atoms with Crippen molar-refractivity contribution in [3.8, 4) is 34.0 Å². The summed E-state index contributed by atoms with van der Waals surface area (Å²) in [5, 5.41) is 39.3. The van der Waals surface area contributed by atoms with Crippen LogP contribution in [0.25, 0.3) is 51.9 Å². The molecule has 54 heavy (non-hydrogen) atoms. The summed E-state index contributed by atoms with van der Waals surface area (Å²) in [7, 11) is 0. The number of Topliss-reactive ketones (excluding diaryl/α,β-unsaturated/α-hetero) is 2. The topological polar surface area (TPSA) is 129 Å². The van der Waals surface area contributed by atoms with Crippen LogP contribution in [0.2, 0.25) is 0 Å². The second-order valence-corrected chi connectivity index (χ2v) is 18.0. The lowest BCUT2D eigenvalue weighted by atomic mass is 9.68. The van der Waals surface area contributed by atoms with Gasteiger partial charge in [0.15, 0.2) is 11.6 Å². The Morgan fingerprint density at radius 1 is 0.593 bits per heavy atom. The maximum atomic E-state index is 13.7. The minimum atomic E-state index is -0.182. The van der Waals surface area contributed by atoms with Gasteiger partial charge in [0.25, 0.3) is 0 Å². The van der Waals surface area contributed by atoms with E-state index in [1.165, 1.54) is 41.4 Å². The molecule has 6 aromatic rings. The van der Waals surface area contributed by atoms with E-state index in [2.05, 4.69) is 12.1 Å². The Morgan fingerprint density at radius 3 is 1.69 bits per heavy atom. The van der Waals surface area contributed by atoms with E-state index in [4.69, 9.17) is 0 Å². The highest BCUT2D eigenvalue weighted by Gasteiger charge is 2.48. The lowest BCUT2D eigenvalue weighted by Crippen LogP contribution is -2.27. The smallest absolute Gasteiger partial charge is 0.194 e. The SMILES string of the molecule is N#CC(C#N)=C1/C(=C/c2cc3c(s2)-c2sc4c(sc5cc(/C=C6/C(=O)c7ccccc7C6=C(C#N)C#N)sc54)c2C32CCCCC2)C(=O)c2ccccc21. The number of fused-ring (bicyclic) bond motifs is 11. The van der Waals surface area contributed by atoms with E-state index in [0.717, 1.165) is 40.1 Å². The van der Waals surface area contributed by atoms with Crippen molar-refractivity contribution in [2.75, 3.05) is 0 Å². The fourth-order valence-electron chi connectivity index (χ4n) is 8.86. The molecule has 4 aliphatic carbocycles. The van der Waals surface area contributed by atoms with Crippen LogP contribution in [0.1, 0.15) is 84.8 Å². The van der Waals surface area contributed by atoms with Crippen LogP contribution in [0.3, 0.4) is 0 Å². The molecule has 10 heteroatoms. The van der Waals surface area contributed by atoms with E-state index in [-0.39, 0.29) is 28.1 Å². The Kier molecular flexibility index (Phi) is 7.27. The zero-order valence-electron chi connectivity index (χ0n) is 28.2. The molecule has 0 radical (unpaired) electrons. The summed E-state index contributed by atoms with van der Waals surface area (Å²) in [6.45, 7) is 0. The van der Waals surface area contributed by atoms with Crippen LogP contribution in [-0.4, -0.2) is 11.6 Å². The minimum Gasteiger partial charge on any atom is -0.289 e. The number of nitriles is 4. The second-order valence-electron chi connectivity index (χ2n) is 13.8. The lowest BCUT2D eigenvalue weighted by molar-refractivity contribution is 0.103. The highest BCUT2D eigenvalue weighted by Crippen LogP contribution is 2.65. The van der Waals surface area contributed by atoms with E-state index >= 15 is 0 Å². The number of carbonyl (C=O) groups is 2. The van der Waals surface area contributed by atoms with Gasteiger partial charge in [0, 0.05) is 63.7 Å². The maximum absolute atomic E-state index is 13.7. The summed E-state index contributed by atoms with van der Waals surface area (Å²) in [4.78, 5) is 31.7. The first-order valence-corrected chi connectivity index (χ1v) is 20.6. The highest BCUT2D eigenvalue weighted by atomic mass is 32.1. The summed E-state index contributed by atoms with van der Waals surface area (Å²) in [6, 6.07) is 26.7. The molecule has 1 fully saturated rings. The number of allylic oxidation sites excluding steroid dienone is 6. The standard InChI is InChI=1S/C44H22N4O2S4/c45-18-22(19-46)34-26-8-2-4-10-28(26)37(49)30(34)14-24-16-32-39(51-24)41-36(44(32)12-6-1-7-13-44)42-43(54-41)40-33(53-42)17-25(52-40)15-31-35(23(20-47)21-48)27-9-3-5-11-29(27)38(31)50/h2-5,8-11,14-17H,1,6-7,12-13H2/b30-14-,31-15+. The van der Waals surface area contributed by atoms with Crippen LogP contribution in [0.4, 0.5) is 0 Å². The molecule has 0 aliphatic heterocycles. The van der Waals surface area contributed by atoms with E-state index in [9.17, 15) is 30.6 Å². The molecule has 0 unspecified atom stereocenters. The van der Waals surface area contributed by atoms with Gasteiger partial charge in [0.2, 0.25) is 0 Å². The Balaban J connectivity index is 1.11. The third-order valence-electron chi connectivity index (χ3n) is 11.1. The van der Waals surface area contributed by atoms with Gasteiger partial charge in [-0.25, -0.2) is 0 Å². The van der Waals surface area contributed by atoms with Crippen molar-refractivity contribution in [2.45, 2.75) is 37.5 Å². The van der Waals surface area contributed by atoms with Gasteiger partial charge in [-0.2, -0.15) is 21.0 Å². The molecule has 4 heterocycles. The number of carbonyl (C=O) groups excluding carboxylic acids is 2. The molecule has 1 saturated carbocycles. The molecule has 0 saturated heterocycles. The number of nitrogens with zero attached hydrogens (tertiary/aromatic N) is 4. The van der Waals surface area contributed by atoms with Gasteiger partial charge in [-0.1, -0.05) is 67.8 Å². The van der Waals surface area contributed by atoms with Crippen molar-refractivity contribution in [3.05, 3.63) is 126 Å². The van der Waals surface area contributed by atoms with Gasteiger partial charge < -0.3 is 0 Å². The van der Waals surface area contributed by atoms with Gasteiger partial charge >= 0.3 is 0 Å². The predicted molar refractivity (Wildman–Crippen MR) is 216 cm³/mol. The average Bonchev–Trinajstić information content (AvgIpc) is 4.05. The molecule has 6 nitrogen and oxygen atoms in total. The average molecular weight is 767 g/mol. The molecule has 0 N–H and O–H groups in total. The van der Waals surface area contributed by atoms with Crippen molar-refractivity contribution in [1.29, 1.82) is 21.0 Å². The maximum Gasteiger partial charge on any atom is 0.194 e. The monoisotopic (exact) mass is 766 g/mol. The number of hydrogen-bond acceptors (Lipinski definition) is 10. The van der Waals surface area contributed by atoms with Crippen molar-refractivity contribution >= 4 is 99.0 Å². The van der Waals surface area contributed by atoms with Gasteiger partial charge in [-0.15, -0.1) is 45.3 Å². The summed E-state index contributed by atoms with van der Waals surface area (Å²) < 4.78 is 4.89. The van der Waals surface area contributed by atoms with Crippen LogP contribution in [0.15, 0.2) is 83.0 Å². The third kappa shape index (κ3) is 4.37. The summed E-state index contributed by atoms with van der Waals surface area (Å²) >= 11 is 6.93. The molecular formula is C44H22N4O2S4. The minimum absolute atomic E-state index is 0.0622. The summed E-state index contributed by atoms with van der Waals surface area (Å²) in [5.41, 5.74) is 6.32. The molecule has 4 aliphatic rings. The predicted octanol–water partition coefficient (Wildman–Crippen LogP) is 11.6. The summed E-state index contributed by atoms with van der Waals surface area (Å²) in [5.74, 6) is -0.354. The van der Waals surface area contributed by atoms with Crippen LogP contribution in [0, 0.1) is 45.3 Å². The largest absolute Gasteiger partial charge is 0.289 e.